The molecule has 9 nitrogen and oxygen atoms in total. The number of nitrogens with one attached hydrogen (secondary N) is 1. The van der Waals surface area contributed by atoms with Crippen LogP contribution in [0.4, 0.5) is 16.2 Å². The molecule has 0 bridgehead atoms. The first-order chi connectivity index (χ1) is 15.2. The number of nitrogens with zero attached hydrogens (tertiary/aromatic N) is 4. The molecule has 0 spiro atoms. The van der Waals surface area contributed by atoms with Crippen molar-refractivity contribution in [2.24, 2.45) is 0 Å². The number of hydrogen-bond acceptors (Lipinski definition) is 5. The Kier molecular flexibility index (Phi) is 5.90. The zero-order valence-electron chi connectivity index (χ0n) is 18.9. The number of carbonyl (C=O) groups excluding carboxylic acids is 3. The number of ether oxygens (including phenoxy) is 1. The van der Waals surface area contributed by atoms with Crippen LogP contribution in [0.15, 0.2) is 30.6 Å². The molecule has 3 amide bonds. The van der Waals surface area contributed by atoms with Crippen molar-refractivity contribution >= 4 is 29.3 Å². The Morgan fingerprint density at radius 2 is 2.00 bits per heavy atom. The Bertz CT molecular complexity index is 1050. The molecule has 1 N–H and O–H groups in total. The fourth-order valence-electron chi connectivity index (χ4n) is 4.40. The lowest BCUT2D eigenvalue weighted by atomic mass is 10.0. The summed E-state index contributed by atoms with van der Waals surface area (Å²) in [4.78, 5) is 40.2. The second-order valence-corrected chi connectivity index (χ2v) is 8.69. The van der Waals surface area contributed by atoms with Crippen LogP contribution in [0.25, 0.3) is 11.1 Å². The first-order valence-electron chi connectivity index (χ1n) is 11.0. The second-order valence-electron chi connectivity index (χ2n) is 8.69. The van der Waals surface area contributed by atoms with Crippen molar-refractivity contribution in [3.63, 3.8) is 0 Å². The minimum Gasteiger partial charge on any atom is -0.446 e. The number of rotatable bonds is 3. The lowest BCUT2D eigenvalue weighted by Gasteiger charge is -2.40. The average Bonchev–Trinajstić information content (AvgIpc) is 3.22. The van der Waals surface area contributed by atoms with Gasteiger partial charge in [0.15, 0.2) is 0 Å². The molecule has 32 heavy (non-hydrogen) atoms. The van der Waals surface area contributed by atoms with E-state index in [1.165, 1.54) is 6.92 Å². The summed E-state index contributed by atoms with van der Waals surface area (Å²) in [6.45, 7) is 8.05. The Hall–Kier alpha value is -3.36. The maximum atomic E-state index is 12.8. The predicted molar refractivity (Wildman–Crippen MR) is 121 cm³/mol. The third-order valence-electron chi connectivity index (χ3n) is 5.84. The van der Waals surface area contributed by atoms with Crippen molar-refractivity contribution in [2.45, 2.75) is 58.7 Å². The summed E-state index contributed by atoms with van der Waals surface area (Å²) in [7, 11) is 0. The van der Waals surface area contributed by atoms with E-state index in [1.54, 1.807) is 16.0 Å². The molecule has 3 heterocycles. The maximum absolute atomic E-state index is 12.8. The molecule has 2 atom stereocenters. The van der Waals surface area contributed by atoms with Gasteiger partial charge >= 0.3 is 6.09 Å². The van der Waals surface area contributed by atoms with Crippen LogP contribution in [-0.4, -0.2) is 52.9 Å². The van der Waals surface area contributed by atoms with Gasteiger partial charge < -0.3 is 15.0 Å². The number of fused-ring (bicyclic) bond motifs is 1. The zero-order chi connectivity index (χ0) is 23.0. The summed E-state index contributed by atoms with van der Waals surface area (Å²) >= 11 is 0. The van der Waals surface area contributed by atoms with Crippen molar-refractivity contribution in [2.75, 3.05) is 22.9 Å². The largest absolute Gasteiger partial charge is 0.446 e. The van der Waals surface area contributed by atoms with Gasteiger partial charge in [-0.15, -0.1) is 0 Å². The third-order valence-corrected chi connectivity index (χ3v) is 5.84. The van der Waals surface area contributed by atoms with Crippen LogP contribution >= 0.6 is 0 Å². The van der Waals surface area contributed by atoms with Gasteiger partial charge in [-0.1, -0.05) is 6.07 Å². The van der Waals surface area contributed by atoms with E-state index in [0.29, 0.717) is 30.9 Å². The minimum atomic E-state index is -0.433. The highest BCUT2D eigenvalue weighted by molar-refractivity contribution is 6.03. The number of benzene rings is 1. The van der Waals surface area contributed by atoms with Crippen LogP contribution < -0.4 is 15.1 Å². The summed E-state index contributed by atoms with van der Waals surface area (Å²) in [5.74, 6) is -0.0448. The van der Waals surface area contributed by atoms with E-state index in [1.807, 2.05) is 49.8 Å². The molecule has 1 saturated heterocycles. The lowest BCUT2D eigenvalue weighted by molar-refractivity contribution is -0.123. The Balaban J connectivity index is 1.70. The summed E-state index contributed by atoms with van der Waals surface area (Å²) in [6, 6.07) is 5.54. The molecule has 4 rings (SSSR count). The molecule has 0 saturated carbocycles. The van der Waals surface area contributed by atoms with Gasteiger partial charge in [0.05, 0.1) is 35.8 Å². The molecule has 2 aliphatic heterocycles. The maximum Gasteiger partial charge on any atom is 0.414 e. The summed E-state index contributed by atoms with van der Waals surface area (Å²) in [5, 5.41) is 7.32. The first-order valence-corrected chi connectivity index (χ1v) is 11.0. The number of anilines is 2. The summed E-state index contributed by atoms with van der Waals surface area (Å²) in [5.41, 5.74) is 3.06. The van der Waals surface area contributed by atoms with Gasteiger partial charge in [0.25, 0.3) is 0 Å². The first kappa shape index (κ1) is 21.9. The van der Waals surface area contributed by atoms with Crippen LogP contribution in [0, 0.1) is 0 Å². The van der Waals surface area contributed by atoms with Crippen LogP contribution in [0.5, 0.6) is 0 Å². The van der Waals surface area contributed by atoms with E-state index in [0.717, 1.165) is 17.5 Å². The van der Waals surface area contributed by atoms with Gasteiger partial charge in [-0.2, -0.15) is 5.10 Å². The molecule has 1 aromatic carbocycles. The monoisotopic (exact) mass is 439 g/mol. The molecular formula is C23H29N5O4. The van der Waals surface area contributed by atoms with Crippen molar-refractivity contribution in [3.05, 3.63) is 30.6 Å². The molecule has 1 unspecified atom stereocenters. The van der Waals surface area contributed by atoms with E-state index < -0.39 is 6.09 Å². The van der Waals surface area contributed by atoms with E-state index in [9.17, 15) is 14.4 Å². The van der Waals surface area contributed by atoms with Gasteiger partial charge in [-0.25, -0.2) is 4.79 Å². The molecule has 2 aliphatic rings. The molecule has 0 radical (unpaired) electrons. The standard InChI is InChI=1S/C23H29N5O4/c1-14(2)32-23(31)26-12-15(3)28(16(4)29)20-6-5-17(9-21(20)26)18-11-25-27(13-18)19-7-8-24-22(30)10-19/h5-6,9,11,13-15,19H,7-8,10,12H2,1-4H3,(H,24,30)/t15-,19?/m0/s1. The fraction of sp³-hybridized carbons (Fsp3) is 0.478. The number of amides is 3. The summed E-state index contributed by atoms with van der Waals surface area (Å²) in [6.07, 6.45) is 4.25. The van der Waals surface area contributed by atoms with E-state index >= 15 is 0 Å². The molecule has 1 fully saturated rings. The van der Waals surface area contributed by atoms with Crippen molar-refractivity contribution < 1.29 is 19.1 Å². The Morgan fingerprint density at radius 1 is 1.22 bits per heavy atom. The number of carbonyl (C=O) groups is 3. The van der Waals surface area contributed by atoms with Crippen LogP contribution in [0.3, 0.4) is 0 Å². The smallest absolute Gasteiger partial charge is 0.414 e. The molecular weight excluding hydrogens is 410 g/mol. The van der Waals surface area contributed by atoms with Crippen molar-refractivity contribution in [3.8, 4) is 11.1 Å². The predicted octanol–water partition coefficient (Wildman–Crippen LogP) is 3.11. The molecule has 0 aliphatic carbocycles. The molecule has 170 valence electrons. The Morgan fingerprint density at radius 3 is 2.69 bits per heavy atom. The third kappa shape index (κ3) is 4.19. The Labute approximate surface area is 187 Å². The fourth-order valence-corrected chi connectivity index (χ4v) is 4.40. The van der Waals surface area contributed by atoms with E-state index in [-0.39, 0.29) is 30.0 Å². The van der Waals surface area contributed by atoms with Crippen molar-refractivity contribution in [1.29, 1.82) is 0 Å². The second kappa shape index (κ2) is 8.64. The quantitative estimate of drug-likeness (QED) is 0.793. The van der Waals surface area contributed by atoms with Crippen LogP contribution in [0.1, 0.15) is 46.6 Å². The van der Waals surface area contributed by atoms with Gasteiger partial charge in [-0.3, -0.25) is 19.2 Å². The number of piperidine rings is 1. The minimum absolute atomic E-state index is 0.0294. The molecule has 9 heteroatoms. The van der Waals surface area contributed by atoms with Gasteiger partial charge in [0.1, 0.15) is 0 Å². The van der Waals surface area contributed by atoms with E-state index in [2.05, 4.69) is 10.4 Å². The van der Waals surface area contributed by atoms with Crippen molar-refractivity contribution in [1.82, 2.24) is 15.1 Å². The SMILES string of the molecule is CC(=O)N1c2ccc(-c3cnn(C4CCNC(=O)C4)c3)cc2N(C(=O)OC(C)C)C[C@@H]1C. The van der Waals surface area contributed by atoms with Gasteiger partial charge in [0.2, 0.25) is 11.8 Å². The van der Waals surface area contributed by atoms with Gasteiger partial charge in [-0.05, 0) is 44.9 Å². The lowest BCUT2D eigenvalue weighted by Crippen LogP contribution is -2.51. The van der Waals surface area contributed by atoms with E-state index in [4.69, 9.17) is 4.74 Å². The number of aromatic nitrogens is 2. The molecule has 2 aromatic rings. The number of hydrogen-bond donors (Lipinski definition) is 1. The highest BCUT2D eigenvalue weighted by Gasteiger charge is 2.35. The van der Waals surface area contributed by atoms with Crippen LogP contribution in [-0.2, 0) is 14.3 Å². The topological polar surface area (TPSA) is 96.8 Å². The molecule has 1 aromatic heterocycles. The zero-order valence-corrected chi connectivity index (χ0v) is 18.9. The average molecular weight is 440 g/mol. The highest BCUT2D eigenvalue weighted by atomic mass is 16.6. The normalized spacial score (nSPS) is 20.7. The van der Waals surface area contributed by atoms with Gasteiger partial charge in [0, 0.05) is 38.2 Å². The summed E-state index contributed by atoms with van der Waals surface area (Å²) < 4.78 is 7.29. The van der Waals surface area contributed by atoms with Crippen LogP contribution in [0.2, 0.25) is 0 Å². The highest BCUT2D eigenvalue weighted by Crippen LogP contribution is 2.39.